The number of aliphatic hydroxyl groups excluding tert-OH is 1. The van der Waals surface area contributed by atoms with Gasteiger partial charge in [0.1, 0.15) is 30.7 Å². The fourth-order valence-electron chi connectivity index (χ4n) is 3.94. The van der Waals surface area contributed by atoms with Gasteiger partial charge in [-0.3, -0.25) is 14.4 Å². The van der Waals surface area contributed by atoms with Gasteiger partial charge in [0.2, 0.25) is 0 Å². The van der Waals surface area contributed by atoms with Crippen LogP contribution in [0.3, 0.4) is 0 Å². The van der Waals surface area contributed by atoms with E-state index in [1.54, 1.807) is 12.1 Å². The van der Waals surface area contributed by atoms with E-state index in [1.807, 2.05) is 33.8 Å². The molecule has 3 aromatic rings. The van der Waals surface area contributed by atoms with Crippen LogP contribution in [-0.2, 0) is 12.0 Å². The summed E-state index contributed by atoms with van der Waals surface area (Å²) in [5.74, 6) is 1.10. The molecule has 0 spiro atoms. The molecule has 1 amide bonds. The van der Waals surface area contributed by atoms with E-state index >= 15 is 0 Å². The summed E-state index contributed by atoms with van der Waals surface area (Å²) in [6.45, 7) is 4.06. The van der Waals surface area contributed by atoms with Gasteiger partial charge in [0.05, 0.1) is 23.3 Å². The maximum Gasteiger partial charge on any atom is 0.256 e. The molecule has 0 radical (unpaired) electrons. The van der Waals surface area contributed by atoms with Crippen molar-refractivity contribution < 1.29 is 14.3 Å². The summed E-state index contributed by atoms with van der Waals surface area (Å²) in [6, 6.07) is 6.92. The number of β-amino-alcohol motifs (C(OH)–C–C–N with tert-alkyl or cyclic N) is 1. The van der Waals surface area contributed by atoms with E-state index in [0.717, 1.165) is 5.76 Å². The number of furan rings is 1. The van der Waals surface area contributed by atoms with Gasteiger partial charge < -0.3 is 25.1 Å². The first-order valence-corrected chi connectivity index (χ1v) is 10.7. The molecule has 10 heteroatoms. The van der Waals surface area contributed by atoms with Gasteiger partial charge in [-0.1, -0.05) is 18.5 Å². The molecule has 8 nitrogen and oxygen atoms in total. The molecule has 3 N–H and O–H groups in total. The van der Waals surface area contributed by atoms with Gasteiger partial charge in [0.15, 0.2) is 0 Å². The molecule has 1 aliphatic rings. The van der Waals surface area contributed by atoms with Crippen molar-refractivity contribution >= 4 is 42.4 Å². The Balaban J connectivity index is 1.69. The van der Waals surface area contributed by atoms with Crippen LogP contribution in [0.2, 0.25) is 5.02 Å². The second kappa shape index (κ2) is 8.14. The molecule has 1 aromatic heterocycles. The Labute approximate surface area is 190 Å². The quantitative estimate of drug-likeness (QED) is 0.351. The summed E-state index contributed by atoms with van der Waals surface area (Å²) < 4.78 is 5.76. The van der Waals surface area contributed by atoms with E-state index in [9.17, 15) is 19.5 Å². The van der Waals surface area contributed by atoms with Crippen molar-refractivity contribution in [1.82, 2.24) is 4.90 Å². The molecular formula is C22H23BClN3O5. The summed E-state index contributed by atoms with van der Waals surface area (Å²) in [6.07, 6.45) is 0.600. The fraction of sp³-hybridized carbons (Fsp3) is 0.318. The number of benzene rings is 1. The van der Waals surface area contributed by atoms with E-state index in [4.69, 9.17) is 16.0 Å². The Morgan fingerprint density at radius 1 is 1.19 bits per heavy atom. The number of hydrogen-bond donors (Lipinski definition) is 3. The standard InChI is InChI=1S/C22H23BClN3O5/c1-3-22(23,15-7-4-11(2)32-15)26-18-17(19(29)20(18)30)25-14-6-5-13(24)12-10-27(8-9-28)21(31)16(12)14/h4-7,25-26,28H,3,8-10,23H2,1-2H3/t22-/m1/s1. The van der Waals surface area contributed by atoms with Gasteiger partial charge in [0.25, 0.3) is 16.8 Å². The minimum absolute atomic E-state index is 0.0934. The van der Waals surface area contributed by atoms with Crippen molar-refractivity contribution in [2.45, 2.75) is 32.3 Å². The van der Waals surface area contributed by atoms with Crippen LogP contribution in [0, 0.1) is 6.92 Å². The predicted octanol–water partition coefficient (Wildman–Crippen LogP) is 1.84. The number of fused-ring (bicyclic) bond motifs is 1. The SMILES string of the molecule is B[C@](CC)(Nc1c(Nc2ccc(Cl)c3c2C(=O)N(CCO)C3)c(=O)c1=O)c1ccc(C)o1. The first kappa shape index (κ1) is 22.2. The molecule has 2 heterocycles. The molecule has 0 unspecified atom stereocenters. The Morgan fingerprint density at radius 2 is 1.91 bits per heavy atom. The van der Waals surface area contributed by atoms with Crippen LogP contribution >= 0.6 is 11.6 Å². The van der Waals surface area contributed by atoms with Crippen molar-refractivity contribution in [3.63, 3.8) is 0 Å². The van der Waals surface area contributed by atoms with Crippen LogP contribution in [0.25, 0.3) is 0 Å². The summed E-state index contributed by atoms with van der Waals surface area (Å²) in [4.78, 5) is 39.2. The Bertz CT molecular complexity index is 1280. The Morgan fingerprint density at radius 3 is 2.53 bits per heavy atom. The van der Waals surface area contributed by atoms with Gasteiger partial charge >= 0.3 is 0 Å². The number of rotatable bonds is 8. The number of hydrogen-bond acceptors (Lipinski definition) is 7. The highest BCUT2D eigenvalue weighted by atomic mass is 35.5. The lowest BCUT2D eigenvalue weighted by Crippen LogP contribution is -2.44. The molecule has 0 saturated heterocycles. The van der Waals surface area contributed by atoms with Crippen LogP contribution in [0.15, 0.2) is 38.3 Å². The van der Waals surface area contributed by atoms with E-state index < -0.39 is 16.3 Å². The third-order valence-electron chi connectivity index (χ3n) is 6.04. The van der Waals surface area contributed by atoms with Crippen LogP contribution < -0.4 is 21.5 Å². The minimum atomic E-state index is -0.706. The monoisotopic (exact) mass is 455 g/mol. The van der Waals surface area contributed by atoms with Crippen LogP contribution in [0.1, 0.15) is 40.8 Å². The summed E-state index contributed by atoms with van der Waals surface area (Å²) in [5.41, 5.74) is -0.416. The first-order chi connectivity index (χ1) is 15.2. The van der Waals surface area contributed by atoms with E-state index in [-0.39, 0.29) is 37.0 Å². The predicted molar refractivity (Wildman–Crippen MR) is 125 cm³/mol. The molecule has 166 valence electrons. The largest absolute Gasteiger partial charge is 0.465 e. The highest BCUT2D eigenvalue weighted by Crippen LogP contribution is 2.37. The van der Waals surface area contributed by atoms with Crippen molar-refractivity contribution in [1.29, 1.82) is 0 Å². The average molecular weight is 456 g/mol. The van der Waals surface area contributed by atoms with Crippen LogP contribution in [0.5, 0.6) is 0 Å². The smallest absolute Gasteiger partial charge is 0.256 e. The maximum atomic E-state index is 12.9. The number of nitrogens with one attached hydrogen (secondary N) is 2. The number of amides is 1. The van der Waals surface area contributed by atoms with Crippen LogP contribution in [0.4, 0.5) is 17.1 Å². The molecule has 2 aromatic carbocycles. The average Bonchev–Trinajstić information content (AvgIpc) is 3.37. The number of anilines is 3. The number of halogens is 1. The second-order valence-corrected chi connectivity index (χ2v) is 8.56. The highest BCUT2D eigenvalue weighted by Gasteiger charge is 2.35. The molecule has 0 bridgehead atoms. The Hall–Kier alpha value is -3.04. The third kappa shape index (κ3) is 3.51. The van der Waals surface area contributed by atoms with Crippen LogP contribution in [-0.4, -0.2) is 36.9 Å². The summed E-state index contributed by atoms with van der Waals surface area (Å²) in [7, 11) is 1.89. The molecule has 4 rings (SSSR count). The third-order valence-corrected chi connectivity index (χ3v) is 6.39. The van der Waals surface area contributed by atoms with Gasteiger partial charge in [-0.15, -0.1) is 0 Å². The van der Waals surface area contributed by atoms with Crippen molar-refractivity contribution in [2.75, 3.05) is 23.8 Å². The lowest BCUT2D eigenvalue weighted by atomic mass is 9.73. The number of aliphatic hydroxyl groups is 1. The second-order valence-electron chi connectivity index (χ2n) is 8.15. The first-order valence-electron chi connectivity index (χ1n) is 10.4. The van der Waals surface area contributed by atoms with E-state index in [2.05, 4.69) is 10.6 Å². The van der Waals surface area contributed by atoms with Gasteiger partial charge in [-0.2, -0.15) is 0 Å². The zero-order valence-electron chi connectivity index (χ0n) is 18.0. The van der Waals surface area contributed by atoms with Crippen molar-refractivity contribution in [3.05, 3.63) is 72.4 Å². The molecule has 1 atom stereocenters. The fourth-order valence-corrected chi connectivity index (χ4v) is 4.16. The zero-order valence-corrected chi connectivity index (χ0v) is 18.8. The van der Waals surface area contributed by atoms with Crippen molar-refractivity contribution in [2.24, 2.45) is 0 Å². The van der Waals surface area contributed by atoms with Crippen molar-refractivity contribution in [3.8, 4) is 0 Å². The molecule has 1 aliphatic heterocycles. The Kier molecular flexibility index (Phi) is 5.64. The van der Waals surface area contributed by atoms with E-state index in [1.165, 1.54) is 4.90 Å². The maximum absolute atomic E-state index is 12.9. The number of carbonyl (C=O) groups excluding carboxylic acids is 1. The molecule has 0 saturated carbocycles. The minimum Gasteiger partial charge on any atom is -0.465 e. The summed E-state index contributed by atoms with van der Waals surface area (Å²) in [5, 5.41) is 15.8. The lowest BCUT2D eigenvalue weighted by molar-refractivity contribution is 0.0746. The molecule has 0 fully saturated rings. The van der Waals surface area contributed by atoms with E-state index in [0.29, 0.717) is 34.0 Å². The molecule has 32 heavy (non-hydrogen) atoms. The number of carbonyl (C=O) groups is 1. The topological polar surface area (TPSA) is 112 Å². The van der Waals surface area contributed by atoms with Gasteiger partial charge in [-0.05, 0) is 37.6 Å². The molecule has 0 aliphatic carbocycles. The summed E-state index contributed by atoms with van der Waals surface area (Å²) >= 11 is 6.29. The molecular weight excluding hydrogens is 433 g/mol. The normalized spacial score (nSPS) is 15.1. The highest BCUT2D eigenvalue weighted by molar-refractivity contribution is 6.32. The lowest BCUT2D eigenvalue weighted by Gasteiger charge is -2.30. The van der Waals surface area contributed by atoms with Gasteiger partial charge in [0, 0.05) is 23.7 Å². The zero-order chi connectivity index (χ0) is 23.2. The number of aryl methyl sites for hydroxylation is 1. The van der Waals surface area contributed by atoms with Gasteiger partial charge in [-0.25, -0.2) is 0 Å². The number of nitrogens with zero attached hydrogens (tertiary/aromatic N) is 1.